The van der Waals surface area contributed by atoms with Gasteiger partial charge in [-0.2, -0.15) is 4.31 Å². The molecular formula is C26H27N3O5S. The largest absolute Gasteiger partial charge is 0.379 e. The summed E-state index contributed by atoms with van der Waals surface area (Å²) in [7, 11) is -3.77. The molecule has 1 fully saturated rings. The van der Waals surface area contributed by atoms with E-state index < -0.39 is 15.9 Å². The van der Waals surface area contributed by atoms with Crippen LogP contribution in [0, 0.1) is 13.8 Å². The van der Waals surface area contributed by atoms with Gasteiger partial charge in [0.1, 0.15) is 0 Å². The molecule has 0 aromatic heterocycles. The van der Waals surface area contributed by atoms with Crippen LogP contribution in [0.2, 0.25) is 0 Å². The molecule has 1 heterocycles. The molecule has 2 amide bonds. The lowest BCUT2D eigenvalue weighted by Crippen LogP contribution is -2.40. The highest BCUT2D eigenvalue weighted by molar-refractivity contribution is 7.89. The second kappa shape index (κ2) is 10.4. The molecule has 9 heteroatoms. The second-order valence-electron chi connectivity index (χ2n) is 8.32. The van der Waals surface area contributed by atoms with Crippen molar-refractivity contribution in [1.29, 1.82) is 0 Å². The summed E-state index contributed by atoms with van der Waals surface area (Å²) in [6, 6.07) is 18.6. The zero-order valence-corrected chi connectivity index (χ0v) is 20.4. The Labute approximate surface area is 205 Å². The van der Waals surface area contributed by atoms with Crippen LogP contribution in [0.15, 0.2) is 71.6 Å². The van der Waals surface area contributed by atoms with Gasteiger partial charge in [-0.15, -0.1) is 0 Å². The predicted octanol–water partition coefficient (Wildman–Crippen LogP) is 3.83. The van der Waals surface area contributed by atoms with E-state index in [2.05, 4.69) is 10.6 Å². The number of morpholine rings is 1. The van der Waals surface area contributed by atoms with Gasteiger partial charge in [0.2, 0.25) is 10.0 Å². The van der Waals surface area contributed by atoms with Gasteiger partial charge in [-0.25, -0.2) is 8.42 Å². The summed E-state index contributed by atoms with van der Waals surface area (Å²) in [6.45, 7) is 4.82. The normalized spacial score (nSPS) is 14.3. The molecule has 4 rings (SSSR count). The van der Waals surface area contributed by atoms with E-state index in [1.165, 1.54) is 10.4 Å². The molecule has 1 aliphatic rings. The van der Waals surface area contributed by atoms with Crippen LogP contribution in [0.5, 0.6) is 0 Å². The summed E-state index contributed by atoms with van der Waals surface area (Å²) in [5.41, 5.74) is 2.98. The van der Waals surface area contributed by atoms with Gasteiger partial charge in [0.25, 0.3) is 11.8 Å². The van der Waals surface area contributed by atoms with Crippen molar-refractivity contribution in [3.63, 3.8) is 0 Å². The van der Waals surface area contributed by atoms with E-state index in [4.69, 9.17) is 4.74 Å². The Morgan fingerprint density at radius 2 is 1.60 bits per heavy atom. The number of benzene rings is 3. The Kier molecular flexibility index (Phi) is 7.30. The number of nitrogens with zero attached hydrogens (tertiary/aromatic N) is 1. The van der Waals surface area contributed by atoms with E-state index in [-0.39, 0.29) is 35.0 Å². The Hall–Kier alpha value is -3.53. The number of anilines is 2. The first-order valence-corrected chi connectivity index (χ1v) is 12.7. The number of ether oxygens (including phenoxy) is 1. The van der Waals surface area contributed by atoms with Crippen molar-refractivity contribution in [3.8, 4) is 0 Å². The second-order valence-corrected chi connectivity index (χ2v) is 10.2. The van der Waals surface area contributed by atoms with E-state index in [9.17, 15) is 18.0 Å². The molecule has 0 radical (unpaired) electrons. The van der Waals surface area contributed by atoms with Gasteiger partial charge in [0.05, 0.1) is 29.4 Å². The first-order valence-electron chi connectivity index (χ1n) is 11.2. The molecule has 8 nitrogen and oxygen atoms in total. The van der Waals surface area contributed by atoms with Gasteiger partial charge in [0, 0.05) is 24.3 Å². The molecular weight excluding hydrogens is 466 g/mol. The minimum atomic E-state index is -3.77. The third-order valence-electron chi connectivity index (χ3n) is 5.73. The van der Waals surface area contributed by atoms with Crippen LogP contribution >= 0.6 is 0 Å². The standard InChI is InChI=1S/C26H27N3O5S/c1-18-6-5-7-21(16-18)27-26(31)22-8-3-4-9-23(22)28-25(30)20-11-10-19(2)24(17-20)35(32,33)29-12-14-34-15-13-29/h3-11,16-17H,12-15H2,1-2H3,(H,27,31)(H,28,30). The zero-order valence-electron chi connectivity index (χ0n) is 19.6. The van der Waals surface area contributed by atoms with Crippen LogP contribution in [0.1, 0.15) is 31.8 Å². The third kappa shape index (κ3) is 5.59. The Morgan fingerprint density at radius 3 is 2.34 bits per heavy atom. The third-order valence-corrected chi connectivity index (χ3v) is 7.77. The van der Waals surface area contributed by atoms with E-state index in [1.54, 1.807) is 49.4 Å². The average molecular weight is 494 g/mol. The van der Waals surface area contributed by atoms with Crippen molar-refractivity contribution in [1.82, 2.24) is 4.31 Å². The van der Waals surface area contributed by atoms with Crippen molar-refractivity contribution >= 4 is 33.2 Å². The molecule has 0 unspecified atom stereocenters. The van der Waals surface area contributed by atoms with Crippen molar-refractivity contribution in [2.75, 3.05) is 36.9 Å². The summed E-state index contributed by atoms with van der Waals surface area (Å²) in [5.74, 6) is -0.884. The van der Waals surface area contributed by atoms with Gasteiger partial charge >= 0.3 is 0 Å². The van der Waals surface area contributed by atoms with Crippen molar-refractivity contribution in [3.05, 3.63) is 89.0 Å². The SMILES string of the molecule is Cc1cccc(NC(=O)c2ccccc2NC(=O)c2ccc(C)c(S(=O)(=O)N3CCOCC3)c2)c1. The smallest absolute Gasteiger partial charge is 0.257 e. The minimum absolute atomic E-state index is 0.0810. The van der Waals surface area contributed by atoms with E-state index >= 15 is 0 Å². The maximum Gasteiger partial charge on any atom is 0.257 e. The molecule has 0 bridgehead atoms. The molecule has 3 aromatic carbocycles. The van der Waals surface area contributed by atoms with E-state index in [0.717, 1.165) is 5.56 Å². The lowest BCUT2D eigenvalue weighted by atomic mass is 10.1. The fourth-order valence-electron chi connectivity index (χ4n) is 3.85. The van der Waals surface area contributed by atoms with Crippen LogP contribution in [-0.2, 0) is 14.8 Å². The lowest BCUT2D eigenvalue weighted by Gasteiger charge is -2.26. The molecule has 1 saturated heterocycles. The molecule has 0 atom stereocenters. The Morgan fingerprint density at radius 1 is 0.857 bits per heavy atom. The summed E-state index contributed by atoms with van der Waals surface area (Å²) >= 11 is 0. The highest BCUT2D eigenvalue weighted by Crippen LogP contribution is 2.24. The summed E-state index contributed by atoms with van der Waals surface area (Å²) < 4.78 is 33.0. The fourth-order valence-corrected chi connectivity index (χ4v) is 5.51. The van der Waals surface area contributed by atoms with Gasteiger partial charge < -0.3 is 15.4 Å². The number of para-hydroxylation sites is 1. The molecule has 0 saturated carbocycles. The van der Waals surface area contributed by atoms with Gasteiger partial charge in [0.15, 0.2) is 0 Å². The molecule has 3 aromatic rings. The number of sulfonamides is 1. The zero-order chi connectivity index (χ0) is 25.0. The van der Waals surface area contributed by atoms with Gasteiger partial charge in [-0.3, -0.25) is 9.59 Å². The maximum atomic E-state index is 13.2. The highest BCUT2D eigenvalue weighted by Gasteiger charge is 2.28. The maximum absolute atomic E-state index is 13.2. The first kappa shape index (κ1) is 24.6. The van der Waals surface area contributed by atoms with Gasteiger partial charge in [-0.1, -0.05) is 30.3 Å². The predicted molar refractivity (Wildman–Crippen MR) is 134 cm³/mol. The molecule has 2 N–H and O–H groups in total. The molecule has 35 heavy (non-hydrogen) atoms. The molecule has 182 valence electrons. The summed E-state index contributed by atoms with van der Waals surface area (Å²) in [5, 5.41) is 5.59. The number of hydrogen-bond donors (Lipinski definition) is 2. The number of hydrogen-bond acceptors (Lipinski definition) is 5. The fraction of sp³-hybridized carbons (Fsp3) is 0.231. The topological polar surface area (TPSA) is 105 Å². The monoisotopic (exact) mass is 493 g/mol. The van der Waals surface area contributed by atoms with Crippen molar-refractivity contribution in [2.24, 2.45) is 0 Å². The number of rotatable bonds is 6. The first-order chi connectivity index (χ1) is 16.8. The Balaban J connectivity index is 1.57. The van der Waals surface area contributed by atoms with Crippen molar-refractivity contribution < 1.29 is 22.7 Å². The number of carbonyl (C=O) groups is 2. The summed E-state index contributed by atoms with van der Waals surface area (Å²) in [4.78, 5) is 26.1. The molecule has 0 spiro atoms. The van der Waals surface area contributed by atoms with Crippen molar-refractivity contribution in [2.45, 2.75) is 18.7 Å². The number of nitrogens with one attached hydrogen (secondary N) is 2. The van der Waals surface area contributed by atoms with Crippen LogP contribution < -0.4 is 10.6 Å². The quantitative estimate of drug-likeness (QED) is 0.543. The highest BCUT2D eigenvalue weighted by atomic mass is 32.2. The average Bonchev–Trinajstić information content (AvgIpc) is 2.85. The Bertz CT molecular complexity index is 1360. The number of amides is 2. The van der Waals surface area contributed by atoms with E-state index in [1.807, 2.05) is 25.1 Å². The minimum Gasteiger partial charge on any atom is -0.379 e. The molecule has 0 aliphatic carbocycles. The number of carbonyl (C=O) groups excluding carboxylic acids is 2. The number of aryl methyl sites for hydroxylation is 2. The molecule has 1 aliphatic heterocycles. The lowest BCUT2D eigenvalue weighted by molar-refractivity contribution is 0.0730. The van der Waals surface area contributed by atoms with Gasteiger partial charge in [-0.05, 0) is 61.4 Å². The van der Waals surface area contributed by atoms with Crippen LogP contribution in [0.25, 0.3) is 0 Å². The van der Waals surface area contributed by atoms with Crippen LogP contribution in [-0.4, -0.2) is 50.8 Å². The van der Waals surface area contributed by atoms with Crippen LogP contribution in [0.3, 0.4) is 0 Å². The summed E-state index contributed by atoms with van der Waals surface area (Å²) in [6.07, 6.45) is 0. The van der Waals surface area contributed by atoms with E-state index in [0.29, 0.717) is 30.2 Å². The van der Waals surface area contributed by atoms with Crippen LogP contribution in [0.4, 0.5) is 11.4 Å².